The molecule has 1 aliphatic heterocycles. The van der Waals surface area contributed by atoms with E-state index < -0.39 is 5.54 Å². The van der Waals surface area contributed by atoms with Crippen molar-refractivity contribution < 1.29 is 4.79 Å². The van der Waals surface area contributed by atoms with Crippen LogP contribution in [0.1, 0.15) is 20.3 Å². The number of azide groups is 1. The maximum atomic E-state index is 11.6. The normalized spacial score (nSPS) is 20.5. The molecule has 84 valence electrons. The zero-order chi connectivity index (χ0) is 11.3. The van der Waals surface area contributed by atoms with E-state index in [1.54, 1.807) is 0 Å². The number of nitrogens with zero attached hydrogens (tertiary/aromatic N) is 4. The van der Waals surface area contributed by atoms with Crippen molar-refractivity contribution in [2.24, 2.45) is 5.11 Å². The molecule has 6 heteroatoms. The largest absolute Gasteiger partial charge is 0.353 e. The van der Waals surface area contributed by atoms with Crippen LogP contribution in [-0.4, -0.2) is 42.5 Å². The fraction of sp³-hybridized carbons (Fsp3) is 0.889. The number of hydrogen-bond donors (Lipinski definition) is 1. The van der Waals surface area contributed by atoms with Crippen LogP contribution in [0.5, 0.6) is 0 Å². The van der Waals surface area contributed by atoms with Crippen molar-refractivity contribution >= 4 is 5.91 Å². The first-order chi connectivity index (χ1) is 7.09. The second kappa shape index (κ2) is 5.00. The van der Waals surface area contributed by atoms with E-state index in [0.717, 1.165) is 19.5 Å². The molecule has 0 bridgehead atoms. The van der Waals surface area contributed by atoms with E-state index in [0.29, 0.717) is 13.1 Å². The molecule has 0 atom stereocenters. The van der Waals surface area contributed by atoms with Crippen LogP contribution in [0.25, 0.3) is 10.4 Å². The average Bonchev–Trinajstić information content (AvgIpc) is 2.19. The lowest BCUT2D eigenvalue weighted by molar-refractivity contribution is -0.135. The van der Waals surface area contributed by atoms with Crippen molar-refractivity contribution in [2.45, 2.75) is 25.8 Å². The highest BCUT2D eigenvalue weighted by molar-refractivity contribution is 5.86. The van der Waals surface area contributed by atoms with Crippen LogP contribution in [0, 0.1) is 0 Å². The molecular weight excluding hydrogens is 194 g/mol. The third-order valence-corrected chi connectivity index (χ3v) is 2.76. The first-order valence-corrected chi connectivity index (χ1v) is 5.13. The van der Waals surface area contributed by atoms with Crippen LogP contribution in [0.4, 0.5) is 0 Å². The SMILES string of the molecule is CC1(C)C(=O)NCCN1CCCN=[N+]=[N-]. The van der Waals surface area contributed by atoms with Crippen molar-refractivity contribution in [3.63, 3.8) is 0 Å². The summed E-state index contributed by atoms with van der Waals surface area (Å²) >= 11 is 0. The summed E-state index contributed by atoms with van der Waals surface area (Å²) < 4.78 is 0. The van der Waals surface area contributed by atoms with Gasteiger partial charge in [0.1, 0.15) is 0 Å². The molecule has 1 N–H and O–H groups in total. The summed E-state index contributed by atoms with van der Waals surface area (Å²) in [7, 11) is 0. The Bertz CT molecular complexity index is 282. The van der Waals surface area contributed by atoms with Crippen molar-refractivity contribution in [1.82, 2.24) is 10.2 Å². The van der Waals surface area contributed by atoms with Gasteiger partial charge in [-0.05, 0) is 32.3 Å². The average molecular weight is 211 g/mol. The summed E-state index contributed by atoms with van der Waals surface area (Å²) in [6, 6.07) is 0. The summed E-state index contributed by atoms with van der Waals surface area (Å²) in [4.78, 5) is 16.4. The number of nitrogens with one attached hydrogen (secondary N) is 1. The standard InChI is InChI=1S/C9H17N5O/c1-9(2)8(15)11-5-7-14(9)6-3-4-12-13-10/h3-7H2,1-2H3,(H,11,15). The van der Waals surface area contributed by atoms with E-state index in [2.05, 4.69) is 20.2 Å². The predicted octanol–water partition coefficient (Wildman–Crippen LogP) is 0.897. The molecule has 0 unspecified atom stereocenters. The molecule has 6 nitrogen and oxygen atoms in total. The van der Waals surface area contributed by atoms with Crippen LogP contribution in [0.3, 0.4) is 0 Å². The van der Waals surface area contributed by atoms with Gasteiger partial charge in [0.05, 0.1) is 5.54 Å². The Kier molecular flexibility index (Phi) is 3.94. The molecule has 0 aromatic rings. The van der Waals surface area contributed by atoms with Crippen LogP contribution in [0.15, 0.2) is 5.11 Å². The maximum absolute atomic E-state index is 11.6. The van der Waals surface area contributed by atoms with E-state index in [1.807, 2.05) is 13.8 Å². The predicted molar refractivity (Wildman–Crippen MR) is 57.3 cm³/mol. The molecule has 0 spiro atoms. The highest BCUT2D eigenvalue weighted by Gasteiger charge is 2.36. The lowest BCUT2D eigenvalue weighted by Gasteiger charge is -2.41. The van der Waals surface area contributed by atoms with Crippen LogP contribution in [-0.2, 0) is 4.79 Å². The molecular formula is C9H17N5O. The van der Waals surface area contributed by atoms with Gasteiger partial charge in [-0.1, -0.05) is 5.11 Å². The first-order valence-electron chi connectivity index (χ1n) is 5.13. The number of carbonyl (C=O) groups excluding carboxylic acids is 1. The monoisotopic (exact) mass is 211 g/mol. The molecule has 0 saturated carbocycles. The van der Waals surface area contributed by atoms with Crippen LogP contribution < -0.4 is 5.32 Å². The van der Waals surface area contributed by atoms with Crippen molar-refractivity contribution in [3.05, 3.63) is 10.4 Å². The van der Waals surface area contributed by atoms with Gasteiger partial charge in [-0.25, -0.2) is 0 Å². The first kappa shape index (κ1) is 11.8. The molecule has 1 heterocycles. The van der Waals surface area contributed by atoms with Crippen molar-refractivity contribution in [3.8, 4) is 0 Å². The van der Waals surface area contributed by atoms with E-state index in [1.165, 1.54) is 0 Å². The lowest BCUT2D eigenvalue weighted by atomic mass is 9.99. The second-order valence-electron chi connectivity index (χ2n) is 4.11. The van der Waals surface area contributed by atoms with E-state index in [9.17, 15) is 4.79 Å². The van der Waals surface area contributed by atoms with Gasteiger partial charge in [-0.2, -0.15) is 0 Å². The minimum atomic E-state index is -0.450. The van der Waals surface area contributed by atoms with Gasteiger partial charge in [-0.15, -0.1) is 0 Å². The molecule has 0 radical (unpaired) electrons. The molecule has 0 aromatic heterocycles. The highest BCUT2D eigenvalue weighted by Crippen LogP contribution is 2.17. The smallest absolute Gasteiger partial charge is 0.239 e. The third-order valence-electron chi connectivity index (χ3n) is 2.76. The number of amides is 1. The minimum absolute atomic E-state index is 0.0672. The Hall–Kier alpha value is -1.26. The molecule has 0 aliphatic carbocycles. The van der Waals surface area contributed by atoms with E-state index >= 15 is 0 Å². The summed E-state index contributed by atoms with van der Waals surface area (Å²) in [5.41, 5.74) is 7.68. The maximum Gasteiger partial charge on any atom is 0.239 e. The van der Waals surface area contributed by atoms with Crippen molar-refractivity contribution in [2.75, 3.05) is 26.2 Å². The number of carbonyl (C=O) groups is 1. The Labute approximate surface area is 89.3 Å². The molecule has 1 rings (SSSR count). The highest BCUT2D eigenvalue weighted by atomic mass is 16.2. The van der Waals surface area contributed by atoms with Crippen molar-refractivity contribution in [1.29, 1.82) is 0 Å². The molecule has 15 heavy (non-hydrogen) atoms. The molecule has 1 aliphatic rings. The number of rotatable bonds is 4. The van der Waals surface area contributed by atoms with Gasteiger partial charge < -0.3 is 5.32 Å². The van der Waals surface area contributed by atoms with Crippen LogP contribution in [0.2, 0.25) is 0 Å². The van der Waals surface area contributed by atoms with Gasteiger partial charge in [0, 0.05) is 24.5 Å². The fourth-order valence-electron chi connectivity index (χ4n) is 1.71. The van der Waals surface area contributed by atoms with Gasteiger partial charge >= 0.3 is 0 Å². The topological polar surface area (TPSA) is 81.1 Å². The fourth-order valence-corrected chi connectivity index (χ4v) is 1.71. The van der Waals surface area contributed by atoms with Gasteiger partial charge in [0.15, 0.2) is 0 Å². The van der Waals surface area contributed by atoms with E-state index in [-0.39, 0.29) is 5.91 Å². The zero-order valence-electron chi connectivity index (χ0n) is 9.23. The molecule has 1 amide bonds. The van der Waals surface area contributed by atoms with Gasteiger partial charge in [0.25, 0.3) is 0 Å². The Morgan fingerprint density at radius 2 is 2.40 bits per heavy atom. The summed E-state index contributed by atoms with van der Waals surface area (Å²) in [6.07, 6.45) is 0.792. The Morgan fingerprint density at radius 3 is 3.07 bits per heavy atom. The third kappa shape index (κ3) is 2.84. The van der Waals surface area contributed by atoms with Crippen LogP contribution >= 0.6 is 0 Å². The summed E-state index contributed by atoms with van der Waals surface area (Å²) in [5, 5.41) is 6.32. The Balaban J connectivity index is 2.45. The Morgan fingerprint density at radius 1 is 1.67 bits per heavy atom. The summed E-state index contributed by atoms with van der Waals surface area (Å²) in [5.74, 6) is 0.0672. The zero-order valence-corrected chi connectivity index (χ0v) is 9.23. The lowest BCUT2D eigenvalue weighted by Crippen LogP contribution is -2.61. The van der Waals surface area contributed by atoms with E-state index in [4.69, 9.17) is 5.53 Å². The quantitative estimate of drug-likeness (QED) is 0.324. The van der Waals surface area contributed by atoms with Gasteiger partial charge in [-0.3, -0.25) is 9.69 Å². The molecule has 1 fully saturated rings. The number of piperazine rings is 1. The summed E-state index contributed by atoms with van der Waals surface area (Å²) in [6.45, 7) is 6.66. The molecule has 0 aromatic carbocycles. The minimum Gasteiger partial charge on any atom is -0.353 e. The second-order valence-corrected chi connectivity index (χ2v) is 4.11. The van der Waals surface area contributed by atoms with Gasteiger partial charge in [0.2, 0.25) is 5.91 Å². The molecule has 1 saturated heterocycles. The number of hydrogen-bond acceptors (Lipinski definition) is 3.